The molecule has 0 atom stereocenters. The summed E-state index contributed by atoms with van der Waals surface area (Å²) >= 11 is 5.51. The topological polar surface area (TPSA) is 17.1 Å². The first-order chi connectivity index (χ1) is 5.68. The van der Waals surface area contributed by atoms with Crippen LogP contribution >= 0.6 is 11.6 Å². The zero-order valence-electron chi connectivity index (χ0n) is 7.74. The van der Waals surface area contributed by atoms with Crippen LogP contribution in [-0.4, -0.2) is 11.7 Å². The molecule has 0 saturated heterocycles. The molecule has 0 aliphatic heterocycles. The highest BCUT2D eigenvalue weighted by atomic mass is 35.5. The average molecular weight is 189 g/mol. The number of carbonyl (C=O) groups excluding carboxylic acids is 1. The number of ketones is 1. The molecule has 0 spiro atoms. The molecule has 0 heterocycles. The Bertz CT molecular complexity index is 152. The summed E-state index contributed by atoms with van der Waals surface area (Å²) in [5.41, 5.74) is 0.673. The van der Waals surface area contributed by atoms with Gasteiger partial charge in [-0.05, 0) is 25.3 Å². The van der Waals surface area contributed by atoms with Crippen molar-refractivity contribution < 1.29 is 4.79 Å². The van der Waals surface area contributed by atoms with Crippen molar-refractivity contribution in [2.45, 2.75) is 39.0 Å². The maximum Gasteiger partial charge on any atom is 0.157 e. The second-order valence-electron chi connectivity index (χ2n) is 3.06. The van der Waals surface area contributed by atoms with Gasteiger partial charge in [-0.3, -0.25) is 4.79 Å². The van der Waals surface area contributed by atoms with E-state index in [-0.39, 0.29) is 5.78 Å². The molecule has 0 aromatic heterocycles. The quantitative estimate of drug-likeness (QED) is 0.340. The van der Waals surface area contributed by atoms with Crippen LogP contribution in [0.15, 0.2) is 12.2 Å². The average Bonchev–Trinajstić information content (AvgIpc) is 2.03. The van der Waals surface area contributed by atoms with E-state index in [1.807, 2.05) is 0 Å². The lowest BCUT2D eigenvalue weighted by Crippen LogP contribution is -1.97. The van der Waals surface area contributed by atoms with Crippen molar-refractivity contribution in [3.05, 3.63) is 12.2 Å². The molecule has 12 heavy (non-hydrogen) atoms. The molecule has 0 unspecified atom stereocenters. The lowest BCUT2D eigenvalue weighted by Gasteiger charge is -1.98. The van der Waals surface area contributed by atoms with Gasteiger partial charge in [0.05, 0.1) is 0 Å². The third-order valence-corrected chi connectivity index (χ3v) is 2.03. The number of allylic oxidation sites excluding steroid dienone is 1. The molecule has 0 aromatic rings. The Labute approximate surface area is 79.8 Å². The molecule has 2 heteroatoms. The predicted molar refractivity (Wildman–Crippen MR) is 53.6 cm³/mol. The van der Waals surface area contributed by atoms with Gasteiger partial charge in [0.25, 0.3) is 0 Å². The summed E-state index contributed by atoms with van der Waals surface area (Å²) < 4.78 is 0. The molecule has 0 N–H and O–H groups in total. The number of Topliss-reactive ketones (excluding diaryl/α,β-unsaturated/α-hetero) is 1. The van der Waals surface area contributed by atoms with Crippen LogP contribution < -0.4 is 0 Å². The molecular formula is C10H17ClO. The van der Waals surface area contributed by atoms with Crippen LogP contribution in [0.5, 0.6) is 0 Å². The largest absolute Gasteiger partial charge is 0.295 e. The van der Waals surface area contributed by atoms with E-state index in [2.05, 4.69) is 6.58 Å². The van der Waals surface area contributed by atoms with Crippen LogP contribution in [-0.2, 0) is 4.79 Å². The minimum Gasteiger partial charge on any atom is -0.295 e. The molecule has 1 nitrogen and oxygen atoms in total. The molecule has 0 amide bonds. The molecule has 0 radical (unpaired) electrons. The smallest absolute Gasteiger partial charge is 0.157 e. The number of rotatable bonds is 7. The second kappa shape index (κ2) is 7.35. The first-order valence-electron chi connectivity index (χ1n) is 4.43. The highest BCUT2D eigenvalue weighted by molar-refractivity contribution is 6.17. The third kappa shape index (κ3) is 6.41. The number of halogens is 1. The lowest BCUT2D eigenvalue weighted by atomic mass is 10.1. The number of carbonyl (C=O) groups is 1. The van der Waals surface area contributed by atoms with Gasteiger partial charge in [0.15, 0.2) is 5.78 Å². The van der Waals surface area contributed by atoms with E-state index in [0.29, 0.717) is 12.0 Å². The molecule has 0 saturated carbocycles. The van der Waals surface area contributed by atoms with Gasteiger partial charge in [-0.25, -0.2) is 0 Å². The summed E-state index contributed by atoms with van der Waals surface area (Å²) in [4.78, 5) is 11.0. The predicted octanol–water partition coefficient (Wildman–Crippen LogP) is 3.32. The van der Waals surface area contributed by atoms with Gasteiger partial charge in [0.1, 0.15) is 0 Å². The van der Waals surface area contributed by atoms with E-state index in [1.54, 1.807) is 6.92 Å². The maximum atomic E-state index is 11.0. The van der Waals surface area contributed by atoms with E-state index in [0.717, 1.165) is 31.6 Å². The van der Waals surface area contributed by atoms with Gasteiger partial charge in [0.2, 0.25) is 0 Å². The van der Waals surface area contributed by atoms with Crippen LogP contribution in [0.25, 0.3) is 0 Å². The molecular weight excluding hydrogens is 172 g/mol. The summed E-state index contributed by atoms with van der Waals surface area (Å²) in [6.07, 6.45) is 4.92. The Morgan fingerprint density at radius 2 is 1.83 bits per heavy atom. The maximum absolute atomic E-state index is 11.0. The van der Waals surface area contributed by atoms with Gasteiger partial charge >= 0.3 is 0 Å². The normalized spacial score (nSPS) is 9.83. The van der Waals surface area contributed by atoms with E-state index in [9.17, 15) is 4.79 Å². The molecule has 0 aliphatic rings. The molecule has 0 bridgehead atoms. The first kappa shape index (κ1) is 11.7. The Morgan fingerprint density at radius 3 is 2.33 bits per heavy atom. The van der Waals surface area contributed by atoms with Crippen molar-refractivity contribution in [2.24, 2.45) is 0 Å². The van der Waals surface area contributed by atoms with Crippen molar-refractivity contribution in [3.8, 4) is 0 Å². The fourth-order valence-corrected chi connectivity index (χ4v) is 1.14. The highest BCUT2D eigenvalue weighted by Gasteiger charge is 2.00. The summed E-state index contributed by atoms with van der Waals surface area (Å²) in [5, 5.41) is 0. The van der Waals surface area contributed by atoms with Crippen LogP contribution in [0.3, 0.4) is 0 Å². The molecule has 0 aromatic carbocycles. The van der Waals surface area contributed by atoms with Gasteiger partial charge in [-0.15, -0.1) is 11.6 Å². The standard InChI is InChI=1S/C10H17ClO/c1-9(2)10(12)7-5-3-4-6-8-11/h1,3-8H2,2H3. The molecule has 0 aliphatic carbocycles. The van der Waals surface area contributed by atoms with E-state index >= 15 is 0 Å². The van der Waals surface area contributed by atoms with E-state index < -0.39 is 0 Å². The Kier molecular flexibility index (Phi) is 7.17. The van der Waals surface area contributed by atoms with Gasteiger partial charge in [-0.1, -0.05) is 19.4 Å². The van der Waals surface area contributed by atoms with Crippen LogP contribution in [0, 0.1) is 0 Å². The lowest BCUT2D eigenvalue weighted by molar-refractivity contribution is -0.115. The Hall–Kier alpha value is -0.300. The van der Waals surface area contributed by atoms with Crippen molar-refractivity contribution in [1.29, 1.82) is 0 Å². The van der Waals surface area contributed by atoms with Crippen LogP contribution in [0.2, 0.25) is 0 Å². The minimum atomic E-state index is 0.195. The summed E-state index contributed by atoms with van der Waals surface area (Å²) in [7, 11) is 0. The summed E-state index contributed by atoms with van der Waals surface area (Å²) in [5.74, 6) is 0.926. The number of unbranched alkanes of at least 4 members (excludes halogenated alkanes) is 3. The SMILES string of the molecule is C=C(C)C(=O)CCCCCCCl. The fraction of sp³-hybridized carbons (Fsp3) is 0.700. The number of hydrogen-bond acceptors (Lipinski definition) is 1. The minimum absolute atomic E-state index is 0.195. The van der Waals surface area contributed by atoms with Gasteiger partial charge in [0, 0.05) is 12.3 Å². The van der Waals surface area contributed by atoms with E-state index in [4.69, 9.17) is 11.6 Å². The molecule has 70 valence electrons. The fourth-order valence-electron chi connectivity index (χ4n) is 0.947. The monoisotopic (exact) mass is 188 g/mol. The molecule has 0 rings (SSSR count). The zero-order valence-corrected chi connectivity index (χ0v) is 8.49. The van der Waals surface area contributed by atoms with Crippen molar-refractivity contribution in [2.75, 3.05) is 5.88 Å². The highest BCUT2D eigenvalue weighted by Crippen LogP contribution is 2.06. The van der Waals surface area contributed by atoms with Gasteiger partial charge in [-0.2, -0.15) is 0 Å². The van der Waals surface area contributed by atoms with Crippen molar-refractivity contribution >= 4 is 17.4 Å². The first-order valence-corrected chi connectivity index (χ1v) is 4.96. The third-order valence-electron chi connectivity index (χ3n) is 1.76. The number of hydrogen-bond donors (Lipinski definition) is 0. The number of alkyl halides is 1. The van der Waals surface area contributed by atoms with Crippen molar-refractivity contribution in [1.82, 2.24) is 0 Å². The Morgan fingerprint density at radius 1 is 1.25 bits per heavy atom. The second-order valence-corrected chi connectivity index (χ2v) is 3.43. The zero-order chi connectivity index (χ0) is 9.40. The van der Waals surface area contributed by atoms with Crippen molar-refractivity contribution in [3.63, 3.8) is 0 Å². The summed E-state index contributed by atoms with van der Waals surface area (Å²) in [6, 6.07) is 0. The molecule has 0 fully saturated rings. The van der Waals surface area contributed by atoms with E-state index in [1.165, 1.54) is 0 Å². The summed E-state index contributed by atoms with van der Waals surface area (Å²) in [6.45, 7) is 5.36. The Balaban J connectivity index is 3.20. The van der Waals surface area contributed by atoms with Gasteiger partial charge < -0.3 is 0 Å². The van der Waals surface area contributed by atoms with Crippen LogP contribution in [0.1, 0.15) is 39.0 Å². The van der Waals surface area contributed by atoms with Crippen LogP contribution in [0.4, 0.5) is 0 Å².